The summed E-state index contributed by atoms with van der Waals surface area (Å²) in [7, 11) is 0. The molecule has 0 saturated heterocycles. The van der Waals surface area contributed by atoms with Crippen molar-refractivity contribution in [2.75, 3.05) is 0 Å². The van der Waals surface area contributed by atoms with E-state index in [1.165, 1.54) is 0 Å². The van der Waals surface area contributed by atoms with Gasteiger partial charge in [0.15, 0.2) is 0 Å². The van der Waals surface area contributed by atoms with E-state index in [2.05, 4.69) is 11.1 Å². The van der Waals surface area contributed by atoms with Gasteiger partial charge in [-0.25, -0.2) is 0 Å². The van der Waals surface area contributed by atoms with Crippen molar-refractivity contribution >= 4 is 0 Å². The molecule has 112 valence electrons. The van der Waals surface area contributed by atoms with Gasteiger partial charge in [0.2, 0.25) is 0 Å². The molecule has 2 aromatic carbocycles. The average molecular weight is 300 g/mol. The van der Waals surface area contributed by atoms with E-state index in [1.54, 1.807) is 30.6 Å². The van der Waals surface area contributed by atoms with Crippen molar-refractivity contribution in [1.82, 2.24) is 4.98 Å². The molecule has 0 spiro atoms. The van der Waals surface area contributed by atoms with Gasteiger partial charge in [0, 0.05) is 23.5 Å². The summed E-state index contributed by atoms with van der Waals surface area (Å²) in [5.74, 6) is 0. The predicted molar refractivity (Wildman–Crippen MR) is 89.6 cm³/mol. The van der Waals surface area contributed by atoms with Crippen molar-refractivity contribution in [2.45, 2.75) is 13.0 Å². The fourth-order valence-corrected chi connectivity index (χ4v) is 2.66. The Morgan fingerprint density at radius 2 is 1.83 bits per heavy atom. The van der Waals surface area contributed by atoms with Crippen molar-refractivity contribution in [3.8, 4) is 17.2 Å². The van der Waals surface area contributed by atoms with E-state index in [-0.39, 0.29) is 0 Å². The number of pyridine rings is 1. The number of nitrogens with zero attached hydrogens (tertiary/aromatic N) is 2. The maximum Gasteiger partial charge on any atom is 0.106 e. The molecule has 1 N–H and O–H groups in total. The highest BCUT2D eigenvalue weighted by atomic mass is 16.3. The van der Waals surface area contributed by atoms with E-state index in [9.17, 15) is 10.4 Å². The van der Waals surface area contributed by atoms with Gasteiger partial charge in [0.1, 0.15) is 6.10 Å². The summed E-state index contributed by atoms with van der Waals surface area (Å²) in [6, 6.07) is 19.2. The Morgan fingerprint density at radius 3 is 2.52 bits per heavy atom. The third-order valence-corrected chi connectivity index (χ3v) is 3.92. The third-order valence-electron chi connectivity index (χ3n) is 3.92. The molecule has 3 rings (SSSR count). The molecule has 1 atom stereocenters. The first kappa shape index (κ1) is 15.0. The SMILES string of the molecule is Cc1ccccc1-c1cc(C(O)c2cccnc2)ccc1C#N. The molecule has 1 aromatic heterocycles. The monoisotopic (exact) mass is 300 g/mol. The normalized spacial score (nSPS) is 11.7. The van der Waals surface area contributed by atoms with Gasteiger partial charge >= 0.3 is 0 Å². The van der Waals surface area contributed by atoms with E-state index in [0.29, 0.717) is 5.56 Å². The molecule has 3 aromatic rings. The molecule has 0 aliphatic heterocycles. The van der Waals surface area contributed by atoms with Gasteiger partial charge in [-0.2, -0.15) is 5.26 Å². The molecular weight excluding hydrogens is 284 g/mol. The number of rotatable bonds is 3. The maximum absolute atomic E-state index is 10.6. The Hall–Kier alpha value is -2.96. The number of aliphatic hydroxyl groups excluding tert-OH is 1. The second-order valence-corrected chi connectivity index (χ2v) is 5.42. The van der Waals surface area contributed by atoms with Crippen molar-refractivity contribution in [1.29, 1.82) is 5.26 Å². The molecule has 1 heterocycles. The lowest BCUT2D eigenvalue weighted by Crippen LogP contribution is -2.01. The first-order valence-electron chi connectivity index (χ1n) is 7.38. The molecule has 0 fully saturated rings. The van der Waals surface area contributed by atoms with Crippen molar-refractivity contribution in [3.63, 3.8) is 0 Å². The zero-order chi connectivity index (χ0) is 16.2. The summed E-state index contributed by atoms with van der Waals surface area (Å²) in [4.78, 5) is 4.05. The molecule has 23 heavy (non-hydrogen) atoms. The number of aryl methyl sites for hydroxylation is 1. The van der Waals surface area contributed by atoms with Crippen LogP contribution in [-0.4, -0.2) is 10.1 Å². The van der Waals surface area contributed by atoms with Crippen LogP contribution in [0.5, 0.6) is 0 Å². The van der Waals surface area contributed by atoms with Crippen LogP contribution in [0.4, 0.5) is 0 Å². The van der Waals surface area contributed by atoms with E-state index >= 15 is 0 Å². The Balaban J connectivity index is 2.11. The number of aromatic nitrogens is 1. The molecule has 0 saturated carbocycles. The standard InChI is InChI=1S/C20H16N2O/c1-14-5-2-3-7-18(14)19-11-15(8-9-16(19)12-21)20(23)17-6-4-10-22-13-17/h2-11,13,20,23H,1H3. The van der Waals surface area contributed by atoms with E-state index in [0.717, 1.165) is 27.8 Å². The van der Waals surface area contributed by atoms with Crippen LogP contribution in [0, 0.1) is 18.3 Å². The lowest BCUT2D eigenvalue weighted by Gasteiger charge is -2.14. The fourth-order valence-electron chi connectivity index (χ4n) is 2.66. The highest BCUT2D eigenvalue weighted by Crippen LogP contribution is 2.31. The summed E-state index contributed by atoms with van der Waals surface area (Å²) < 4.78 is 0. The summed E-state index contributed by atoms with van der Waals surface area (Å²) in [5.41, 5.74) is 5.01. The molecule has 0 radical (unpaired) electrons. The Kier molecular flexibility index (Phi) is 4.18. The molecular formula is C20H16N2O. The van der Waals surface area contributed by atoms with E-state index in [1.807, 2.05) is 43.3 Å². The zero-order valence-electron chi connectivity index (χ0n) is 12.8. The summed E-state index contributed by atoms with van der Waals surface area (Å²) in [6.45, 7) is 2.01. The Bertz CT molecular complexity index is 866. The van der Waals surface area contributed by atoms with Crippen molar-refractivity contribution in [3.05, 3.63) is 89.2 Å². The number of nitriles is 1. The van der Waals surface area contributed by atoms with Crippen LogP contribution in [0.2, 0.25) is 0 Å². The first-order chi connectivity index (χ1) is 11.2. The largest absolute Gasteiger partial charge is 0.384 e. The van der Waals surface area contributed by atoms with Gasteiger partial charge in [-0.3, -0.25) is 4.98 Å². The molecule has 3 nitrogen and oxygen atoms in total. The van der Waals surface area contributed by atoms with Crippen LogP contribution < -0.4 is 0 Å². The molecule has 0 aliphatic carbocycles. The van der Waals surface area contributed by atoms with Gasteiger partial charge in [-0.15, -0.1) is 0 Å². The van der Waals surface area contributed by atoms with Crippen LogP contribution >= 0.6 is 0 Å². The van der Waals surface area contributed by atoms with Gasteiger partial charge in [-0.1, -0.05) is 36.4 Å². The lowest BCUT2D eigenvalue weighted by molar-refractivity contribution is 0.220. The second-order valence-electron chi connectivity index (χ2n) is 5.42. The minimum atomic E-state index is -0.765. The first-order valence-corrected chi connectivity index (χ1v) is 7.38. The highest BCUT2D eigenvalue weighted by molar-refractivity contribution is 5.74. The predicted octanol–water partition coefficient (Wildman–Crippen LogP) is 4.01. The van der Waals surface area contributed by atoms with Gasteiger partial charge in [0.05, 0.1) is 11.6 Å². The highest BCUT2D eigenvalue weighted by Gasteiger charge is 2.14. The molecule has 0 amide bonds. The van der Waals surface area contributed by atoms with Crippen LogP contribution in [-0.2, 0) is 0 Å². The number of aliphatic hydroxyl groups is 1. The fraction of sp³-hybridized carbons (Fsp3) is 0.100. The Labute approximate surface area is 135 Å². The number of benzene rings is 2. The van der Waals surface area contributed by atoms with Crippen LogP contribution in [0.1, 0.15) is 28.4 Å². The maximum atomic E-state index is 10.6. The van der Waals surface area contributed by atoms with Gasteiger partial charge in [0.25, 0.3) is 0 Å². The molecule has 3 heteroatoms. The minimum absolute atomic E-state index is 0.599. The minimum Gasteiger partial charge on any atom is -0.384 e. The van der Waals surface area contributed by atoms with Crippen LogP contribution in [0.15, 0.2) is 67.0 Å². The summed E-state index contributed by atoms with van der Waals surface area (Å²) >= 11 is 0. The number of hydrogen-bond donors (Lipinski definition) is 1. The Morgan fingerprint density at radius 1 is 1.00 bits per heavy atom. The summed E-state index contributed by atoms with van der Waals surface area (Å²) in [5, 5.41) is 20.0. The third kappa shape index (κ3) is 2.98. The average Bonchev–Trinajstić information content (AvgIpc) is 2.62. The molecule has 0 aliphatic rings. The number of hydrogen-bond acceptors (Lipinski definition) is 3. The quantitative estimate of drug-likeness (QED) is 0.795. The second kappa shape index (κ2) is 6.43. The van der Waals surface area contributed by atoms with Crippen molar-refractivity contribution in [2.24, 2.45) is 0 Å². The van der Waals surface area contributed by atoms with Crippen LogP contribution in [0.3, 0.4) is 0 Å². The van der Waals surface area contributed by atoms with Crippen LogP contribution in [0.25, 0.3) is 11.1 Å². The topological polar surface area (TPSA) is 56.9 Å². The van der Waals surface area contributed by atoms with E-state index in [4.69, 9.17) is 0 Å². The van der Waals surface area contributed by atoms with Gasteiger partial charge in [-0.05, 0) is 41.8 Å². The molecule has 0 bridgehead atoms. The lowest BCUT2D eigenvalue weighted by atomic mass is 9.92. The van der Waals surface area contributed by atoms with E-state index < -0.39 is 6.10 Å². The molecule has 1 unspecified atom stereocenters. The smallest absolute Gasteiger partial charge is 0.106 e. The summed E-state index contributed by atoms with van der Waals surface area (Å²) in [6.07, 6.45) is 2.56. The van der Waals surface area contributed by atoms with Crippen molar-refractivity contribution < 1.29 is 5.11 Å². The van der Waals surface area contributed by atoms with Gasteiger partial charge < -0.3 is 5.11 Å². The zero-order valence-corrected chi connectivity index (χ0v) is 12.8.